The molecule has 1 amide bonds. The lowest BCUT2D eigenvalue weighted by molar-refractivity contribution is -0.135. The van der Waals surface area contributed by atoms with Gasteiger partial charge in [-0.15, -0.1) is 11.3 Å². The molecule has 0 fully saturated rings. The van der Waals surface area contributed by atoms with Crippen LogP contribution in [0.5, 0.6) is 0 Å². The number of anilines is 1. The van der Waals surface area contributed by atoms with Crippen LogP contribution in [-0.4, -0.2) is 29.9 Å². The van der Waals surface area contributed by atoms with Gasteiger partial charge in [-0.25, -0.2) is 4.79 Å². The van der Waals surface area contributed by atoms with E-state index in [0.717, 1.165) is 10.4 Å². The SMILES string of the molecule is CCOC(=O)c1c(N)sc2c1CCN(C(=O)C(C)C)C2. The van der Waals surface area contributed by atoms with Crippen molar-refractivity contribution in [1.82, 2.24) is 4.90 Å². The Morgan fingerprint density at radius 1 is 1.45 bits per heavy atom. The van der Waals surface area contributed by atoms with Crippen LogP contribution < -0.4 is 5.73 Å². The minimum atomic E-state index is -0.355. The number of ether oxygens (including phenoxy) is 1. The molecule has 1 aliphatic heterocycles. The van der Waals surface area contributed by atoms with E-state index in [4.69, 9.17) is 10.5 Å². The van der Waals surface area contributed by atoms with E-state index in [1.165, 1.54) is 11.3 Å². The number of amides is 1. The Hall–Kier alpha value is -1.56. The summed E-state index contributed by atoms with van der Waals surface area (Å²) < 4.78 is 5.05. The van der Waals surface area contributed by atoms with Gasteiger partial charge >= 0.3 is 5.97 Å². The topological polar surface area (TPSA) is 72.6 Å². The second-order valence-electron chi connectivity index (χ2n) is 5.13. The van der Waals surface area contributed by atoms with Crippen molar-refractivity contribution in [2.75, 3.05) is 18.9 Å². The van der Waals surface area contributed by atoms with Crippen molar-refractivity contribution in [2.24, 2.45) is 5.92 Å². The van der Waals surface area contributed by atoms with E-state index >= 15 is 0 Å². The summed E-state index contributed by atoms with van der Waals surface area (Å²) in [4.78, 5) is 26.8. The van der Waals surface area contributed by atoms with E-state index in [1.54, 1.807) is 6.92 Å². The van der Waals surface area contributed by atoms with Gasteiger partial charge in [-0.2, -0.15) is 0 Å². The quantitative estimate of drug-likeness (QED) is 0.866. The summed E-state index contributed by atoms with van der Waals surface area (Å²) in [6.07, 6.45) is 0.662. The second-order valence-corrected chi connectivity index (χ2v) is 6.26. The number of hydrogen-bond acceptors (Lipinski definition) is 5. The summed E-state index contributed by atoms with van der Waals surface area (Å²) in [6, 6.07) is 0. The number of nitrogen functional groups attached to an aromatic ring is 1. The van der Waals surface area contributed by atoms with Crippen LogP contribution in [-0.2, 0) is 22.5 Å². The van der Waals surface area contributed by atoms with Crippen molar-refractivity contribution in [2.45, 2.75) is 33.7 Å². The Kier molecular flexibility index (Phi) is 4.32. The average Bonchev–Trinajstić information content (AvgIpc) is 2.72. The van der Waals surface area contributed by atoms with Crippen LogP contribution in [0.4, 0.5) is 5.00 Å². The predicted molar refractivity (Wildman–Crippen MR) is 78.6 cm³/mol. The van der Waals surface area contributed by atoms with E-state index in [0.29, 0.717) is 36.7 Å². The molecule has 0 saturated carbocycles. The number of nitrogens with two attached hydrogens (primary N) is 1. The zero-order valence-electron chi connectivity index (χ0n) is 12.1. The molecule has 0 spiro atoms. The van der Waals surface area contributed by atoms with Crippen LogP contribution in [0.25, 0.3) is 0 Å². The number of nitrogens with zero attached hydrogens (tertiary/aromatic N) is 1. The molecule has 0 radical (unpaired) electrons. The molecule has 5 nitrogen and oxygen atoms in total. The van der Waals surface area contributed by atoms with Gasteiger partial charge in [-0.05, 0) is 18.9 Å². The number of esters is 1. The van der Waals surface area contributed by atoms with Gasteiger partial charge in [0.1, 0.15) is 5.00 Å². The van der Waals surface area contributed by atoms with Crippen molar-refractivity contribution < 1.29 is 14.3 Å². The van der Waals surface area contributed by atoms with Gasteiger partial charge in [0.2, 0.25) is 5.91 Å². The lowest BCUT2D eigenvalue weighted by Crippen LogP contribution is -2.38. The van der Waals surface area contributed by atoms with Crippen LogP contribution in [0.1, 0.15) is 41.6 Å². The van der Waals surface area contributed by atoms with Gasteiger partial charge in [0.05, 0.1) is 18.7 Å². The van der Waals surface area contributed by atoms with Crippen molar-refractivity contribution in [3.05, 3.63) is 16.0 Å². The Balaban J connectivity index is 2.25. The first-order chi connectivity index (χ1) is 9.45. The van der Waals surface area contributed by atoms with Crippen molar-refractivity contribution in [3.63, 3.8) is 0 Å². The van der Waals surface area contributed by atoms with Crippen molar-refractivity contribution in [1.29, 1.82) is 0 Å². The molecular weight excluding hydrogens is 276 g/mol. The highest BCUT2D eigenvalue weighted by Crippen LogP contribution is 2.35. The van der Waals surface area contributed by atoms with Crippen LogP contribution >= 0.6 is 11.3 Å². The summed E-state index contributed by atoms with van der Waals surface area (Å²) in [7, 11) is 0. The maximum atomic E-state index is 12.0. The highest BCUT2D eigenvalue weighted by molar-refractivity contribution is 7.16. The van der Waals surface area contributed by atoms with Crippen LogP contribution in [0.2, 0.25) is 0 Å². The first kappa shape index (κ1) is 14.8. The van der Waals surface area contributed by atoms with Gasteiger partial charge < -0.3 is 15.4 Å². The first-order valence-electron chi connectivity index (χ1n) is 6.81. The zero-order chi connectivity index (χ0) is 14.9. The molecule has 0 atom stereocenters. The Morgan fingerprint density at radius 2 is 2.15 bits per heavy atom. The second kappa shape index (κ2) is 5.83. The minimum Gasteiger partial charge on any atom is -0.462 e. The molecule has 2 N–H and O–H groups in total. The lowest BCUT2D eigenvalue weighted by Gasteiger charge is -2.28. The summed E-state index contributed by atoms with van der Waals surface area (Å²) in [5.74, 6) is -0.232. The molecule has 1 aromatic rings. The summed E-state index contributed by atoms with van der Waals surface area (Å²) in [5.41, 5.74) is 7.41. The fraction of sp³-hybridized carbons (Fsp3) is 0.571. The maximum absolute atomic E-state index is 12.0. The fourth-order valence-electron chi connectivity index (χ4n) is 2.41. The zero-order valence-corrected chi connectivity index (χ0v) is 12.9. The average molecular weight is 296 g/mol. The molecule has 2 rings (SSSR count). The Morgan fingerprint density at radius 3 is 2.75 bits per heavy atom. The first-order valence-corrected chi connectivity index (χ1v) is 7.63. The molecule has 0 aliphatic carbocycles. The molecule has 0 aromatic carbocycles. The summed E-state index contributed by atoms with van der Waals surface area (Å²) in [5, 5.41) is 0.493. The predicted octanol–water partition coefficient (Wildman–Crippen LogP) is 2.05. The van der Waals surface area contributed by atoms with Crippen LogP contribution in [0.3, 0.4) is 0 Å². The van der Waals surface area contributed by atoms with Gasteiger partial charge in [0.15, 0.2) is 0 Å². The third kappa shape index (κ3) is 2.65. The minimum absolute atomic E-state index is 0.0154. The summed E-state index contributed by atoms with van der Waals surface area (Å²) in [6.45, 7) is 7.07. The number of fused-ring (bicyclic) bond motifs is 1. The van der Waals surface area contributed by atoms with Crippen LogP contribution in [0, 0.1) is 5.92 Å². The van der Waals surface area contributed by atoms with Gasteiger partial charge in [0, 0.05) is 17.3 Å². The van der Waals surface area contributed by atoms with E-state index < -0.39 is 0 Å². The smallest absolute Gasteiger partial charge is 0.341 e. The monoisotopic (exact) mass is 296 g/mol. The van der Waals surface area contributed by atoms with E-state index in [-0.39, 0.29) is 17.8 Å². The largest absolute Gasteiger partial charge is 0.462 e. The molecule has 6 heteroatoms. The van der Waals surface area contributed by atoms with E-state index in [2.05, 4.69) is 0 Å². The van der Waals surface area contributed by atoms with E-state index in [9.17, 15) is 9.59 Å². The number of hydrogen-bond donors (Lipinski definition) is 1. The number of carbonyl (C=O) groups is 2. The fourth-order valence-corrected chi connectivity index (χ4v) is 3.53. The van der Waals surface area contributed by atoms with Gasteiger partial charge in [-0.3, -0.25) is 4.79 Å². The molecular formula is C14H20N2O3S. The molecule has 1 aliphatic rings. The third-order valence-corrected chi connectivity index (χ3v) is 4.42. The van der Waals surface area contributed by atoms with Crippen LogP contribution in [0.15, 0.2) is 0 Å². The molecule has 0 bridgehead atoms. The number of thiophene rings is 1. The van der Waals surface area contributed by atoms with Gasteiger partial charge in [0.25, 0.3) is 0 Å². The highest BCUT2D eigenvalue weighted by Gasteiger charge is 2.30. The number of carbonyl (C=O) groups excluding carboxylic acids is 2. The molecule has 0 unspecified atom stereocenters. The van der Waals surface area contributed by atoms with E-state index in [1.807, 2.05) is 18.7 Å². The number of rotatable bonds is 3. The van der Waals surface area contributed by atoms with Crippen molar-refractivity contribution in [3.8, 4) is 0 Å². The molecule has 0 saturated heterocycles. The molecule has 20 heavy (non-hydrogen) atoms. The van der Waals surface area contributed by atoms with Gasteiger partial charge in [-0.1, -0.05) is 13.8 Å². The molecule has 2 heterocycles. The normalized spacial score (nSPS) is 14.3. The third-order valence-electron chi connectivity index (χ3n) is 3.37. The van der Waals surface area contributed by atoms with Crippen molar-refractivity contribution >= 4 is 28.2 Å². The summed E-state index contributed by atoms with van der Waals surface area (Å²) >= 11 is 1.39. The Bertz CT molecular complexity index is 537. The molecule has 110 valence electrons. The highest BCUT2D eigenvalue weighted by atomic mass is 32.1. The molecule has 1 aromatic heterocycles. The maximum Gasteiger partial charge on any atom is 0.341 e. The lowest BCUT2D eigenvalue weighted by atomic mass is 10.0. The Labute approximate surface area is 122 Å². The standard InChI is InChI=1S/C14H20N2O3S/c1-4-19-14(18)11-9-5-6-16(13(17)8(2)3)7-10(9)20-12(11)15/h8H,4-7,15H2,1-3H3.